The molecule has 8 nitrogen and oxygen atoms in total. The second-order valence-electron chi connectivity index (χ2n) is 8.07. The van der Waals surface area contributed by atoms with E-state index in [9.17, 15) is 9.59 Å². The van der Waals surface area contributed by atoms with Crippen LogP contribution in [0.4, 0.5) is 0 Å². The number of primary amides is 1. The maximum absolute atomic E-state index is 12.8. The van der Waals surface area contributed by atoms with Gasteiger partial charge in [-0.15, -0.1) is 11.3 Å². The van der Waals surface area contributed by atoms with E-state index in [0.717, 1.165) is 72.5 Å². The monoisotopic (exact) mass is 419 g/mol. The summed E-state index contributed by atoms with van der Waals surface area (Å²) in [5.74, 6) is -0.336. The smallest absolute Gasteiger partial charge is 0.261 e. The predicted molar refractivity (Wildman–Crippen MR) is 112 cm³/mol. The summed E-state index contributed by atoms with van der Waals surface area (Å²) in [4.78, 5) is 25.6. The highest BCUT2D eigenvalue weighted by molar-refractivity contribution is 7.20. The van der Waals surface area contributed by atoms with Gasteiger partial charge in [-0.2, -0.15) is 5.10 Å². The number of aryl methyl sites for hydroxylation is 1. The number of nitrogens with one attached hydrogen (secondary N) is 2. The Morgan fingerprint density at radius 2 is 1.90 bits per heavy atom. The van der Waals surface area contributed by atoms with Crippen LogP contribution in [0.25, 0.3) is 10.2 Å². The first-order valence-electron chi connectivity index (χ1n) is 10.4. The highest BCUT2D eigenvalue weighted by Gasteiger charge is 2.25. The molecule has 0 unspecified atom stereocenters. The third-order valence-electron chi connectivity index (χ3n) is 5.96. The number of carbonyl (C=O) groups is 2. The number of rotatable bonds is 6. The summed E-state index contributed by atoms with van der Waals surface area (Å²) in [5, 5.41) is 12.2. The third kappa shape index (κ3) is 4.62. The molecule has 0 aromatic carbocycles. The van der Waals surface area contributed by atoms with Crippen molar-refractivity contribution >= 4 is 33.4 Å². The van der Waals surface area contributed by atoms with Crippen molar-refractivity contribution in [2.75, 3.05) is 19.8 Å². The average molecular weight is 420 g/mol. The van der Waals surface area contributed by atoms with Crippen molar-refractivity contribution in [3.05, 3.63) is 16.6 Å². The van der Waals surface area contributed by atoms with Crippen LogP contribution in [0.3, 0.4) is 0 Å². The highest BCUT2D eigenvalue weighted by Crippen LogP contribution is 2.33. The summed E-state index contributed by atoms with van der Waals surface area (Å²) >= 11 is 1.53. The molecule has 3 heterocycles. The van der Waals surface area contributed by atoms with Crippen molar-refractivity contribution in [3.8, 4) is 0 Å². The molecular weight excluding hydrogens is 390 g/mol. The van der Waals surface area contributed by atoms with Crippen molar-refractivity contribution in [2.24, 2.45) is 5.73 Å². The fourth-order valence-corrected chi connectivity index (χ4v) is 5.44. The van der Waals surface area contributed by atoms with Crippen molar-refractivity contribution in [3.63, 3.8) is 0 Å². The molecule has 158 valence electrons. The van der Waals surface area contributed by atoms with Gasteiger partial charge in [0, 0.05) is 30.7 Å². The molecule has 1 saturated carbocycles. The summed E-state index contributed by atoms with van der Waals surface area (Å²) in [6.07, 6.45) is 5.60. The SMILES string of the molecule is Cc1nn(C2CCOCC2)c2sc(C(=O)NC3CCC(NCC(N)=O)CC3)cc12. The molecule has 1 saturated heterocycles. The van der Waals surface area contributed by atoms with Crippen molar-refractivity contribution in [2.45, 2.75) is 63.6 Å². The Balaban J connectivity index is 1.38. The van der Waals surface area contributed by atoms with Crippen molar-refractivity contribution < 1.29 is 14.3 Å². The van der Waals surface area contributed by atoms with Gasteiger partial charge < -0.3 is 21.1 Å². The number of nitrogens with zero attached hydrogens (tertiary/aromatic N) is 2. The molecule has 0 radical (unpaired) electrons. The van der Waals surface area contributed by atoms with Gasteiger partial charge in [0.15, 0.2) is 0 Å². The van der Waals surface area contributed by atoms with Crippen LogP contribution in [0.2, 0.25) is 0 Å². The second kappa shape index (κ2) is 8.81. The van der Waals surface area contributed by atoms with Crippen molar-refractivity contribution in [1.82, 2.24) is 20.4 Å². The molecule has 4 rings (SSSR count). The predicted octanol–water partition coefficient (Wildman–Crippen LogP) is 1.87. The molecule has 1 aliphatic carbocycles. The van der Waals surface area contributed by atoms with Crippen LogP contribution in [0.1, 0.15) is 59.9 Å². The van der Waals surface area contributed by atoms with E-state index in [1.807, 2.05) is 13.0 Å². The van der Waals surface area contributed by atoms with E-state index in [1.165, 1.54) is 11.3 Å². The standard InChI is InChI=1S/C20H29N5O3S/c1-12-16-10-17(29-20(16)25(24-12)15-6-8-28-9-7-15)19(27)23-14-4-2-13(3-5-14)22-11-18(21)26/h10,13-15,22H,2-9,11H2,1H3,(H2,21,26)(H,23,27). The molecule has 2 aliphatic rings. The van der Waals surface area contributed by atoms with Crippen molar-refractivity contribution in [1.29, 1.82) is 0 Å². The van der Waals surface area contributed by atoms with Gasteiger partial charge in [0.05, 0.1) is 23.2 Å². The van der Waals surface area contributed by atoms with E-state index in [4.69, 9.17) is 15.6 Å². The van der Waals surface area contributed by atoms with Crippen LogP contribution in [0.15, 0.2) is 6.07 Å². The number of aromatic nitrogens is 2. The first kappa shape index (κ1) is 20.3. The number of thiophene rings is 1. The zero-order chi connectivity index (χ0) is 20.4. The number of fused-ring (bicyclic) bond motifs is 1. The lowest BCUT2D eigenvalue weighted by atomic mass is 9.91. The maximum Gasteiger partial charge on any atom is 0.261 e. The zero-order valence-corrected chi connectivity index (χ0v) is 17.6. The number of carbonyl (C=O) groups excluding carboxylic acids is 2. The minimum atomic E-state index is -0.334. The summed E-state index contributed by atoms with van der Waals surface area (Å²) in [7, 11) is 0. The first-order chi connectivity index (χ1) is 14.0. The van der Waals surface area contributed by atoms with Crippen LogP contribution in [0.5, 0.6) is 0 Å². The minimum Gasteiger partial charge on any atom is -0.381 e. The van der Waals surface area contributed by atoms with Gasteiger partial charge in [-0.25, -0.2) is 0 Å². The van der Waals surface area contributed by atoms with Gasteiger partial charge in [0.1, 0.15) is 4.83 Å². The molecule has 2 fully saturated rings. The molecule has 2 amide bonds. The van der Waals surface area contributed by atoms with E-state index >= 15 is 0 Å². The van der Waals surface area contributed by atoms with Gasteiger partial charge in [0.25, 0.3) is 5.91 Å². The average Bonchev–Trinajstić information content (AvgIpc) is 3.29. The van der Waals surface area contributed by atoms with Gasteiger partial charge in [-0.1, -0.05) is 0 Å². The molecule has 4 N–H and O–H groups in total. The Labute approximate surface area is 174 Å². The topological polar surface area (TPSA) is 111 Å². The lowest BCUT2D eigenvalue weighted by Gasteiger charge is -2.29. The van der Waals surface area contributed by atoms with E-state index < -0.39 is 0 Å². The number of hydrogen-bond donors (Lipinski definition) is 3. The molecule has 2 aromatic heterocycles. The Morgan fingerprint density at radius 3 is 2.59 bits per heavy atom. The molecular formula is C20H29N5O3S. The Kier molecular flexibility index (Phi) is 6.17. The fourth-order valence-electron chi connectivity index (χ4n) is 4.30. The molecule has 9 heteroatoms. The number of nitrogens with two attached hydrogens (primary N) is 1. The fraction of sp³-hybridized carbons (Fsp3) is 0.650. The molecule has 0 bridgehead atoms. The lowest BCUT2D eigenvalue weighted by Crippen LogP contribution is -2.44. The number of hydrogen-bond acceptors (Lipinski definition) is 6. The lowest BCUT2D eigenvalue weighted by molar-refractivity contribution is -0.117. The highest BCUT2D eigenvalue weighted by atomic mass is 32.1. The molecule has 29 heavy (non-hydrogen) atoms. The Hall–Kier alpha value is -1.97. The normalized spacial score (nSPS) is 23.3. The number of ether oxygens (including phenoxy) is 1. The summed E-state index contributed by atoms with van der Waals surface area (Å²) < 4.78 is 7.57. The van der Waals surface area contributed by atoms with E-state index in [2.05, 4.69) is 15.3 Å². The van der Waals surface area contributed by atoms with Crippen LogP contribution < -0.4 is 16.4 Å². The quantitative estimate of drug-likeness (QED) is 0.662. The first-order valence-corrected chi connectivity index (χ1v) is 11.2. The van der Waals surface area contributed by atoms with Crippen LogP contribution in [0, 0.1) is 6.92 Å². The Morgan fingerprint density at radius 1 is 1.21 bits per heavy atom. The van der Waals surface area contributed by atoms with Gasteiger partial charge in [0.2, 0.25) is 5.91 Å². The van der Waals surface area contributed by atoms with Crippen LogP contribution in [-0.2, 0) is 9.53 Å². The minimum absolute atomic E-state index is 0.00215. The largest absolute Gasteiger partial charge is 0.381 e. The zero-order valence-electron chi connectivity index (χ0n) is 16.8. The third-order valence-corrected chi connectivity index (χ3v) is 7.08. The second-order valence-corrected chi connectivity index (χ2v) is 9.10. The van der Waals surface area contributed by atoms with E-state index in [1.54, 1.807) is 0 Å². The molecule has 2 aromatic rings. The summed E-state index contributed by atoms with van der Waals surface area (Å²) in [6.45, 7) is 3.75. The van der Waals surface area contributed by atoms with Crippen LogP contribution in [-0.4, -0.2) is 53.4 Å². The Bertz CT molecular complexity index is 878. The van der Waals surface area contributed by atoms with Gasteiger partial charge in [-0.05, 0) is 51.5 Å². The summed E-state index contributed by atoms with van der Waals surface area (Å²) in [5.41, 5.74) is 6.16. The van der Waals surface area contributed by atoms with Gasteiger partial charge >= 0.3 is 0 Å². The molecule has 0 spiro atoms. The number of amides is 2. The van der Waals surface area contributed by atoms with Gasteiger partial charge in [-0.3, -0.25) is 14.3 Å². The maximum atomic E-state index is 12.8. The summed E-state index contributed by atoms with van der Waals surface area (Å²) in [6, 6.07) is 2.80. The van der Waals surface area contributed by atoms with Crippen LogP contribution >= 0.6 is 11.3 Å². The van der Waals surface area contributed by atoms with E-state index in [-0.39, 0.29) is 24.4 Å². The van der Waals surface area contributed by atoms with E-state index in [0.29, 0.717) is 12.1 Å². The molecule has 1 aliphatic heterocycles. The molecule has 0 atom stereocenters.